The minimum Gasteiger partial charge on any atom is -0.389 e. The van der Waals surface area contributed by atoms with Crippen LogP contribution in [0.25, 0.3) is 0 Å². The molecule has 0 radical (unpaired) electrons. The summed E-state index contributed by atoms with van der Waals surface area (Å²) in [4.78, 5) is 17.2. The van der Waals surface area contributed by atoms with Crippen LogP contribution in [0.5, 0.6) is 0 Å². The third-order valence-electron chi connectivity index (χ3n) is 4.83. The highest BCUT2D eigenvalue weighted by molar-refractivity contribution is 6.30. The van der Waals surface area contributed by atoms with Crippen molar-refractivity contribution in [3.05, 3.63) is 34.9 Å². The van der Waals surface area contributed by atoms with Gasteiger partial charge in [-0.15, -0.1) is 0 Å². The van der Waals surface area contributed by atoms with E-state index in [1.54, 1.807) is 0 Å². The van der Waals surface area contributed by atoms with Crippen LogP contribution in [0.1, 0.15) is 32.3 Å². The normalized spacial score (nSPS) is 21.3. The first-order valence-electron chi connectivity index (χ1n) is 8.30. The van der Waals surface area contributed by atoms with Gasteiger partial charge in [0.1, 0.15) is 0 Å². The minimum absolute atomic E-state index is 0.253. The zero-order chi connectivity index (χ0) is 16.7. The summed E-state index contributed by atoms with van der Waals surface area (Å²) in [7, 11) is 0. The molecule has 0 spiro atoms. The quantitative estimate of drug-likeness (QED) is 0.917. The number of rotatable bonds is 4. The molecule has 0 aromatic heterocycles. The van der Waals surface area contributed by atoms with Gasteiger partial charge in [-0.1, -0.05) is 23.7 Å². The maximum atomic E-state index is 13.0. The third-order valence-corrected chi connectivity index (χ3v) is 5.08. The number of nitrogens with zero attached hydrogens (tertiary/aromatic N) is 2. The number of carbonyl (C=O) groups excluding carboxylic acids is 1. The summed E-state index contributed by atoms with van der Waals surface area (Å²) in [6.45, 7) is 7.43. The summed E-state index contributed by atoms with van der Waals surface area (Å²) in [5.41, 5.74) is 0.0850. The third kappa shape index (κ3) is 3.70. The lowest BCUT2D eigenvalue weighted by Gasteiger charge is -2.38. The molecular formula is C18H25ClN2O2. The topological polar surface area (TPSA) is 43.8 Å². The molecule has 1 amide bonds. The molecule has 2 aliphatic rings. The highest BCUT2D eigenvalue weighted by Gasteiger charge is 2.53. The number of hydrogen-bond acceptors (Lipinski definition) is 3. The number of amides is 1. The number of benzene rings is 1. The number of piperazine rings is 1. The predicted octanol–water partition coefficient (Wildman–Crippen LogP) is 2.29. The van der Waals surface area contributed by atoms with E-state index in [1.807, 2.05) is 43.0 Å². The number of hydrogen-bond donors (Lipinski definition) is 1. The van der Waals surface area contributed by atoms with Crippen molar-refractivity contribution >= 4 is 17.5 Å². The Morgan fingerprint density at radius 3 is 2.22 bits per heavy atom. The maximum absolute atomic E-state index is 13.0. The summed E-state index contributed by atoms with van der Waals surface area (Å²) in [5.74, 6) is 0.253. The van der Waals surface area contributed by atoms with Crippen molar-refractivity contribution in [2.45, 2.75) is 37.7 Å². The molecule has 1 N–H and O–H groups in total. The van der Waals surface area contributed by atoms with Crippen molar-refractivity contribution in [1.82, 2.24) is 9.80 Å². The monoisotopic (exact) mass is 336 g/mol. The first kappa shape index (κ1) is 16.7. The van der Waals surface area contributed by atoms with Gasteiger partial charge in [0.05, 0.1) is 11.0 Å². The van der Waals surface area contributed by atoms with Crippen LogP contribution >= 0.6 is 11.6 Å². The molecule has 1 saturated heterocycles. The summed E-state index contributed by atoms with van der Waals surface area (Å²) in [5, 5.41) is 10.6. The van der Waals surface area contributed by atoms with E-state index in [9.17, 15) is 9.90 Å². The second-order valence-electron chi connectivity index (χ2n) is 7.47. The van der Waals surface area contributed by atoms with Crippen molar-refractivity contribution < 1.29 is 9.90 Å². The molecule has 2 fully saturated rings. The summed E-state index contributed by atoms with van der Waals surface area (Å²) < 4.78 is 0. The first-order valence-corrected chi connectivity index (χ1v) is 8.68. The number of carbonyl (C=O) groups is 1. The standard InChI is InChI=1S/C18H25ClN2O2/c1-17(2,23)13-20-9-11-21(12-10-20)16(22)18(7-8-18)14-3-5-15(19)6-4-14/h3-6,23H,7-13H2,1-2H3. The second kappa shape index (κ2) is 6.08. The first-order chi connectivity index (χ1) is 10.8. The van der Waals surface area contributed by atoms with Gasteiger partial charge in [-0.2, -0.15) is 0 Å². The van der Waals surface area contributed by atoms with E-state index in [2.05, 4.69) is 4.90 Å². The highest BCUT2D eigenvalue weighted by atomic mass is 35.5. The Balaban J connectivity index is 1.62. The lowest BCUT2D eigenvalue weighted by atomic mass is 9.94. The molecule has 23 heavy (non-hydrogen) atoms. The van der Waals surface area contributed by atoms with Gasteiger partial charge in [-0.3, -0.25) is 9.69 Å². The van der Waals surface area contributed by atoms with Crippen LogP contribution in [0, 0.1) is 0 Å². The Morgan fingerprint density at radius 2 is 1.74 bits per heavy atom. The Morgan fingerprint density at radius 1 is 1.17 bits per heavy atom. The fraction of sp³-hybridized carbons (Fsp3) is 0.611. The van der Waals surface area contributed by atoms with E-state index in [4.69, 9.17) is 11.6 Å². The van der Waals surface area contributed by atoms with Crippen LogP contribution in [0.4, 0.5) is 0 Å². The Hall–Kier alpha value is -1.10. The van der Waals surface area contributed by atoms with Crippen molar-refractivity contribution in [2.24, 2.45) is 0 Å². The molecule has 1 heterocycles. The van der Waals surface area contributed by atoms with Gasteiger partial charge < -0.3 is 10.0 Å². The minimum atomic E-state index is -0.687. The molecule has 0 bridgehead atoms. The molecule has 3 rings (SSSR count). The Labute approximate surface area is 143 Å². The predicted molar refractivity (Wildman–Crippen MR) is 91.7 cm³/mol. The second-order valence-corrected chi connectivity index (χ2v) is 7.91. The summed E-state index contributed by atoms with van der Waals surface area (Å²) in [6.07, 6.45) is 1.86. The van der Waals surface area contributed by atoms with Crippen molar-refractivity contribution in [2.75, 3.05) is 32.7 Å². The number of aliphatic hydroxyl groups is 1. The van der Waals surface area contributed by atoms with E-state index < -0.39 is 5.60 Å². The van der Waals surface area contributed by atoms with Crippen molar-refractivity contribution in [3.63, 3.8) is 0 Å². The molecule has 126 valence electrons. The molecule has 0 atom stereocenters. The van der Waals surface area contributed by atoms with Crippen LogP contribution in [0.3, 0.4) is 0 Å². The van der Waals surface area contributed by atoms with E-state index in [1.165, 1.54) is 0 Å². The van der Waals surface area contributed by atoms with Crippen molar-refractivity contribution in [1.29, 1.82) is 0 Å². The summed E-state index contributed by atoms with van der Waals surface area (Å²) >= 11 is 5.96. The molecule has 1 aromatic carbocycles. The van der Waals surface area contributed by atoms with Gasteiger partial charge in [-0.25, -0.2) is 0 Å². The van der Waals surface area contributed by atoms with E-state index in [0.717, 1.165) is 44.6 Å². The van der Waals surface area contributed by atoms with Gasteiger partial charge >= 0.3 is 0 Å². The molecular weight excluding hydrogens is 312 g/mol. The number of β-amino-alcohol motifs (C(OH)–C–C–N with tert-alkyl or cyclic N) is 1. The lowest BCUT2D eigenvalue weighted by molar-refractivity contribution is -0.136. The fourth-order valence-electron chi connectivity index (χ4n) is 3.48. The smallest absolute Gasteiger partial charge is 0.233 e. The van der Waals surface area contributed by atoms with Gasteiger partial charge in [0.2, 0.25) is 5.91 Å². The maximum Gasteiger partial charge on any atom is 0.233 e. The van der Waals surface area contributed by atoms with E-state index in [0.29, 0.717) is 11.6 Å². The largest absolute Gasteiger partial charge is 0.389 e. The SMILES string of the molecule is CC(C)(O)CN1CCN(C(=O)C2(c3ccc(Cl)cc3)CC2)CC1. The highest BCUT2D eigenvalue weighted by Crippen LogP contribution is 2.49. The average Bonchev–Trinajstić information content (AvgIpc) is 3.28. The molecule has 1 saturated carbocycles. The average molecular weight is 337 g/mol. The molecule has 5 heteroatoms. The fourth-order valence-corrected chi connectivity index (χ4v) is 3.60. The van der Waals surface area contributed by atoms with Crippen LogP contribution in [0.15, 0.2) is 24.3 Å². The summed E-state index contributed by atoms with van der Waals surface area (Å²) in [6, 6.07) is 7.70. The van der Waals surface area contributed by atoms with Crippen LogP contribution in [-0.2, 0) is 10.2 Å². The van der Waals surface area contributed by atoms with E-state index >= 15 is 0 Å². The van der Waals surface area contributed by atoms with Gasteiger partial charge in [-0.05, 0) is 44.4 Å². The number of halogens is 1. The molecule has 4 nitrogen and oxygen atoms in total. The zero-order valence-corrected chi connectivity index (χ0v) is 14.6. The Kier molecular flexibility index (Phi) is 4.43. The molecule has 1 aromatic rings. The Bertz CT molecular complexity index is 568. The van der Waals surface area contributed by atoms with Crippen LogP contribution in [-0.4, -0.2) is 59.1 Å². The zero-order valence-electron chi connectivity index (χ0n) is 13.9. The molecule has 0 unspecified atom stereocenters. The van der Waals surface area contributed by atoms with E-state index in [-0.39, 0.29) is 11.3 Å². The van der Waals surface area contributed by atoms with Crippen molar-refractivity contribution in [3.8, 4) is 0 Å². The molecule has 1 aliphatic carbocycles. The van der Waals surface area contributed by atoms with Gasteiger partial charge in [0.15, 0.2) is 0 Å². The molecule has 1 aliphatic heterocycles. The van der Waals surface area contributed by atoms with Gasteiger partial charge in [0.25, 0.3) is 0 Å². The van der Waals surface area contributed by atoms with Crippen LogP contribution < -0.4 is 0 Å². The van der Waals surface area contributed by atoms with Gasteiger partial charge in [0, 0.05) is 37.7 Å². The van der Waals surface area contributed by atoms with Crippen LogP contribution in [0.2, 0.25) is 5.02 Å². The lowest BCUT2D eigenvalue weighted by Crippen LogP contribution is -2.53.